The minimum atomic E-state index is -0.663. The number of hydrogen-bond donors (Lipinski definition) is 0. The molecule has 1 saturated carbocycles. The van der Waals surface area contributed by atoms with Gasteiger partial charge in [0.2, 0.25) is 0 Å². The summed E-state index contributed by atoms with van der Waals surface area (Å²) in [5, 5.41) is 0. The summed E-state index contributed by atoms with van der Waals surface area (Å²) in [6.45, 7) is 0. The van der Waals surface area contributed by atoms with Gasteiger partial charge in [0.15, 0.2) is 0 Å². The van der Waals surface area contributed by atoms with E-state index in [1.807, 2.05) is 0 Å². The van der Waals surface area contributed by atoms with Crippen molar-refractivity contribution in [1.29, 1.82) is 0 Å². The number of hydrogen-bond acceptors (Lipinski definition) is 4. The monoisotopic (exact) mass is 198 g/mol. The quantitative estimate of drug-likeness (QED) is 0.466. The van der Waals surface area contributed by atoms with Gasteiger partial charge in [0.1, 0.15) is 5.41 Å². The first-order chi connectivity index (χ1) is 6.69. The van der Waals surface area contributed by atoms with Crippen LogP contribution < -0.4 is 0 Å². The van der Waals surface area contributed by atoms with Crippen molar-refractivity contribution in [3.63, 3.8) is 0 Å². The largest absolute Gasteiger partial charge is 0.393 e. The van der Waals surface area contributed by atoms with Crippen molar-refractivity contribution in [2.45, 2.75) is 38.2 Å². The molecule has 78 valence electrons. The summed E-state index contributed by atoms with van der Waals surface area (Å²) >= 11 is 0. The molecular formula is C10H14O4. The molecule has 2 unspecified atom stereocenters. The summed E-state index contributed by atoms with van der Waals surface area (Å²) < 4.78 is 9.92. The second kappa shape index (κ2) is 3.35. The molecule has 1 heterocycles. The number of rotatable bonds is 1. The third-order valence-corrected chi connectivity index (χ3v) is 3.31. The lowest BCUT2D eigenvalue weighted by molar-refractivity contribution is -0.160. The lowest BCUT2D eigenvalue weighted by Gasteiger charge is -2.35. The summed E-state index contributed by atoms with van der Waals surface area (Å²) in [4.78, 5) is 22.7. The molecule has 0 aromatic heterocycles. The number of carbonyl (C=O) groups excluding carboxylic acids is 2. The standard InChI is InChI=1S/C10H14O4/c1-13-7-4-2-3-5-10(7)6-8(11)14-9(10)12/h7H,2-6H2,1H3. The topological polar surface area (TPSA) is 52.6 Å². The van der Waals surface area contributed by atoms with Crippen molar-refractivity contribution >= 4 is 11.9 Å². The van der Waals surface area contributed by atoms with E-state index in [9.17, 15) is 9.59 Å². The van der Waals surface area contributed by atoms with Crippen molar-refractivity contribution < 1.29 is 19.1 Å². The third kappa shape index (κ3) is 1.25. The van der Waals surface area contributed by atoms with Gasteiger partial charge in [-0.25, -0.2) is 0 Å². The van der Waals surface area contributed by atoms with Crippen molar-refractivity contribution in [2.75, 3.05) is 7.11 Å². The Morgan fingerprint density at radius 1 is 1.43 bits per heavy atom. The fourth-order valence-corrected chi connectivity index (χ4v) is 2.56. The van der Waals surface area contributed by atoms with E-state index in [2.05, 4.69) is 4.74 Å². The van der Waals surface area contributed by atoms with Gasteiger partial charge in [0.25, 0.3) is 0 Å². The maximum absolute atomic E-state index is 11.6. The van der Waals surface area contributed by atoms with Gasteiger partial charge >= 0.3 is 11.9 Å². The Bertz CT molecular complexity index is 273. The van der Waals surface area contributed by atoms with Gasteiger partial charge in [0, 0.05) is 7.11 Å². The molecule has 1 aliphatic heterocycles. The molecule has 0 aromatic rings. The molecule has 4 nitrogen and oxygen atoms in total. The lowest BCUT2D eigenvalue weighted by Crippen LogP contribution is -2.43. The number of ether oxygens (including phenoxy) is 2. The molecule has 2 rings (SSSR count). The molecule has 0 N–H and O–H groups in total. The average molecular weight is 198 g/mol. The first-order valence-corrected chi connectivity index (χ1v) is 4.97. The molecule has 0 amide bonds. The second-order valence-electron chi connectivity index (χ2n) is 4.06. The molecule has 0 aromatic carbocycles. The molecule has 14 heavy (non-hydrogen) atoms. The first kappa shape index (κ1) is 9.65. The molecule has 2 aliphatic rings. The van der Waals surface area contributed by atoms with Crippen LogP contribution in [0, 0.1) is 5.41 Å². The Morgan fingerprint density at radius 2 is 2.21 bits per heavy atom. The van der Waals surface area contributed by atoms with Crippen LogP contribution in [0.1, 0.15) is 32.1 Å². The molecule has 1 saturated heterocycles. The molecule has 0 bridgehead atoms. The number of cyclic esters (lactones) is 2. The van der Waals surface area contributed by atoms with E-state index in [0.29, 0.717) is 0 Å². The van der Waals surface area contributed by atoms with Crippen LogP contribution in [0.25, 0.3) is 0 Å². The fraction of sp³-hybridized carbons (Fsp3) is 0.800. The molecule has 4 heteroatoms. The zero-order chi connectivity index (χ0) is 10.2. The van der Waals surface area contributed by atoms with Crippen LogP contribution in [0.5, 0.6) is 0 Å². The summed E-state index contributed by atoms with van der Waals surface area (Å²) in [6, 6.07) is 0. The summed E-state index contributed by atoms with van der Waals surface area (Å²) in [5.74, 6) is -0.784. The van der Waals surface area contributed by atoms with Crippen molar-refractivity contribution in [3.8, 4) is 0 Å². The molecular weight excluding hydrogens is 184 g/mol. The molecule has 1 spiro atoms. The highest BCUT2D eigenvalue weighted by atomic mass is 16.6. The first-order valence-electron chi connectivity index (χ1n) is 4.97. The van der Waals surface area contributed by atoms with Crippen LogP contribution in [-0.4, -0.2) is 25.2 Å². The highest BCUT2D eigenvalue weighted by Crippen LogP contribution is 2.45. The zero-order valence-electron chi connectivity index (χ0n) is 8.25. The van der Waals surface area contributed by atoms with Gasteiger partial charge in [-0.2, -0.15) is 0 Å². The van der Waals surface area contributed by atoms with Crippen molar-refractivity contribution in [2.24, 2.45) is 5.41 Å². The predicted molar refractivity (Wildman–Crippen MR) is 47.4 cm³/mol. The van der Waals surface area contributed by atoms with Gasteiger partial charge in [-0.1, -0.05) is 12.8 Å². The van der Waals surface area contributed by atoms with E-state index < -0.39 is 11.4 Å². The van der Waals surface area contributed by atoms with Gasteiger partial charge < -0.3 is 9.47 Å². The molecule has 2 atom stereocenters. The SMILES string of the molecule is COC1CCCCC12CC(=O)OC2=O. The van der Waals surface area contributed by atoms with Crippen LogP contribution >= 0.6 is 0 Å². The summed E-state index contributed by atoms with van der Waals surface area (Å²) in [5.41, 5.74) is -0.663. The van der Waals surface area contributed by atoms with Crippen molar-refractivity contribution in [1.82, 2.24) is 0 Å². The van der Waals surface area contributed by atoms with E-state index in [0.717, 1.165) is 25.7 Å². The Labute approximate surface area is 82.6 Å². The predicted octanol–water partition coefficient (Wildman–Crippen LogP) is 1.04. The van der Waals surface area contributed by atoms with Crippen LogP contribution in [-0.2, 0) is 19.1 Å². The van der Waals surface area contributed by atoms with Crippen LogP contribution in [0.4, 0.5) is 0 Å². The number of esters is 2. The van der Waals surface area contributed by atoms with Crippen LogP contribution in [0.3, 0.4) is 0 Å². The van der Waals surface area contributed by atoms with E-state index >= 15 is 0 Å². The highest BCUT2D eigenvalue weighted by molar-refractivity contribution is 5.97. The van der Waals surface area contributed by atoms with E-state index in [-0.39, 0.29) is 18.5 Å². The normalized spacial score (nSPS) is 37.6. The summed E-state index contributed by atoms with van der Waals surface area (Å²) in [7, 11) is 1.59. The Balaban J connectivity index is 2.26. The maximum Gasteiger partial charge on any atom is 0.322 e. The lowest BCUT2D eigenvalue weighted by atomic mass is 9.70. The number of carbonyl (C=O) groups is 2. The number of methoxy groups -OCH3 is 1. The smallest absolute Gasteiger partial charge is 0.322 e. The van der Waals surface area contributed by atoms with Gasteiger partial charge in [-0.15, -0.1) is 0 Å². The summed E-state index contributed by atoms with van der Waals surface area (Å²) in [6.07, 6.45) is 3.65. The molecule has 2 fully saturated rings. The van der Waals surface area contributed by atoms with Crippen molar-refractivity contribution in [3.05, 3.63) is 0 Å². The Kier molecular flexibility index (Phi) is 2.31. The minimum Gasteiger partial charge on any atom is -0.393 e. The van der Waals surface area contributed by atoms with Crippen LogP contribution in [0.15, 0.2) is 0 Å². The molecule has 0 radical (unpaired) electrons. The third-order valence-electron chi connectivity index (χ3n) is 3.31. The average Bonchev–Trinajstić information content (AvgIpc) is 2.43. The maximum atomic E-state index is 11.6. The Morgan fingerprint density at radius 3 is 2.79 bits per heavy atom. The fourth-order valence-electron chi connectivity index (χ4n) is 2.56. The van der Waals surface area contributed by atoms with Gasteiger partial charge in [0.05, 0.1) is 12.5 Å². The Hall–Kier alpha value is -0.900. The highest BCUT2D eigenvalue weighted by Gasteiger charge is 2.55. The zero-order valence-corrected chi connectivity index (χ0v) is 8.25. The van der Waals surface area contributed by atoms with Crippen LogP contribution in [0.2, 0.25) is 0 Å². The second-order valence-corrected chi connectivity index (χ2v) is 4.06. The molecule has 1 aliphatic carbocycles. The minimum absolute atomic E-state index is 0.143. The van der Waals surface area contributed by atoms with Gasteiger partial charge in [-0.3, -0.25) is 9.59 Å². The van der Waals surface area contributed by atoms with Gasteiger partial charge in [-0.05, 0) is 12.8 Å². The van der Waals surface area contributed by atoms with E-state index in [1.54, 1.807) is 7.11 Å². The van der Waals surface area contributed by atoms with E-state index in [4.69, 9.17) is 4.74 Å². The van der Waals surface area contributed by atoms with E-state index in [1.165, 1.54) is 0 Å².